The average molecular weight is 263 g/mol. The highest BCUT2D eigenvalue weighted by molar-refractivity contribution is 5.78. The molecule has 1 saturated heterocycles. The summed E-state index contributed by atoms with van der Waals surface area (Å²) in [6.07, 6.45) is 9.34. The number of likely N-dealkylation sites (tertiary alicyclic amines) is 1. The van der Waals surface area contributed by atoms with Gasteiger partial charge in [0.25, 0.3) is 0 Å². The molecule has 1 unspecified atom stereocenters. The molecule has 0 aliphatic carbocycles. The fourth-order valence-corrected chi connectivity index (χ4v) is 2.86. The summed E-state index contributed by atoms with van der Waals surface area (Å²) in [6, 6.07) is 0.403. The predicted molar refractivity (Wildman–Crippen MR) is 75.7 cm³/mol. The smallest absolute Gasteiger partial charge is 0.225 e. The number of rotatable bonds is 4. The second-order valence-corrected chi connectivity index (χ2v) is 5.83. The van der Waals surface area contributed by atoms with E-state index in [1.807, 2.05) is 33.3 Å². The van der Waals surface area contributed by atoms with E-state index in [0.29, 0.717) is 11.9 Å². The summed E-state index contributed by atoms with van der Waals surface area (Å²) >= 11 is 0. The van der Waals surface area contributed by atoms with Crippen LogP contribution in [0.1, 0.15) is 45.4 Å². The topological polar surface area (TPSA) is 38.1 Å². The van der Waals surface area contributed by atoms with Gasteiger partial charge in [-0.25, -0.2) is 4.98 Å². The molecule has 0 N–H and O–H groups in total. The first-order valence-electron chi connectivity index (χ1n) is 7.36. The molecule has 1 aliphatic heterocycles. The summed E-state index contributed by atoms with van der Waals surface area (Å²) < 4.78 is 2.07. The molecule has 19 heavy (non-hydrogen) atoms. The molecule has 0 aromatic carbocycles. The van der Waals surface area contributed by atoms with E-state index in [1.165, 1.54) is 6.42 Å². The zero-order valence-corrected chi connectivity index (χ0v) is 12.3. The van der Waals surface area contributed by atoms with Crippen molar-refractivity contribution in [2.75, 3.05) is 6.54 Å². The molecule has 106 valence electrons. The lowest BCUT2D eigenvalue weighted by Crippen LogP contribution is -2.45. The number of piperidine rings is 1. The number of hydrogen-bond donors (Lipinski definition) is 0. The van der Waals surface area contributed by atoms with Gasteiger partial charge in [0.1, 0.15) is 5.82 Å². The Hall–Kier alpha value is -1.32. The lowest BCUT2D eigenvalue weighted by atomic mass is 9.96. The number of aromatic nitrogens is 2. The summed E-state index contributed by atoms with van der Waals surface area (Å²) in [6.45, 7) is 4.92. The number of carbonyl (C=O) groups excluding carboxylic acids is 1. The van der Waals surface area contributed by atoms with Gasteiger partial charge < -0.3 is 9.47 Å². The molecule has 4 nitrogen and oxygen atoms in total. The lowest BCUT2D eigenvalue weighted by molar-refractivity contribution is -0.138. The van der Waals surface area contributed by atoms with E-state index in [9.17, 15) is 4.79 Å². The molecule has 1 fully saturated rings. The molecule has 2 rings (SSSR count). The van der Waals surface area contributed by atoms with E-state index in [-0.39, 0.29) is 5.92 Å². The molecule has 1 aliphatic rings. The molecule has 1 amide bonds. The van der Waals surface area contributed by atoms with E-state index in [2.05, 4.69) is 14.5 Å². The third-order valence-electron chi connectivity index (χ3n) is 4.03. The van der Waals surface area contributed by atoms with E-state index in [4.69, 9.17) is 0 Å². The molecule has 4 heteroatoms. The first-order chi connectivity index (χ1) is 9.09. The maximum absolute atomic E-state index is 12.2. The highest BCUT2D eigenvalue weighted by Crippen LogP contribution is 2.22. The molecular weight excluding hydrogens is 238 g/mol. The zero-order chi connectivity index (χ0) is 13.8. The van der Waals surface area contributed by atoms with E-state index in [1.54, 1.807) is 0 Å². The van der Waals surface area contributed by atoms with Crippen LogP contribution in [0.5, 0.6) is 0 Å². The van der Waals surface area contributed by atoms with Crippen molar-refractivity contribution >= 4 is 5.91 Å². The van der Waals surface area contributed by atoms with Gasteiger partial charge in [-0.15, -0.1) is 0 Å². The van der Waals surface area contributed by atoms with Gasteiger partial charge >= 0.3 is 0 Å². The Bertz CT molecular complexity index is 425. The number of imidazole rings is 1. The maximum Gasteiger partial charge on any atom is 0.225 e. The van der Waals surface area contributed by atoms with Crippen molar-refractivity contribution in [1.82, 2.24) is 14.5 Å². The van der Waals surface area contributed by atoms with Gasteiger partial charge in [0, 0.05) is 44.4 Å². The predicted octanol–water partition coefficient (Wildman–Crippen LogP) is 2.39. The van der Waals surface area contributed by atoms with E-state index < -0.39 is 0 Å². The van der Waals surface area contributed by atoms with Crippen LogP contribution < -0.4 is 0 Å². The van der Waals surface area contributed by atoms with E-state index >= 15 is 0 Å². The van der Waals surface area contributed by atoms with Crippen LogP contribution >= 0.6 is 0 Å². The van der Waals surface area contributed by atoms with Gasteiger partial charge in [-0.1, -0.05) is 13.8 Å². The van der Waals surface area contributed by atoms with Crippen LogP contribution in [0.2, 0.25) is 0 Å². The van der Waals surface area contributed by atoms with E-state index in [0.717, 1.165) is 38.1 Å². The monoisotopic (exact) mass is 263 g/mol. The van der Waals surface area contributed by atoms with Crippen molar-refractivity contribution in [3.05, 3.63) is 18.2 Å². The Balaban J connectivity index is 1.96. The fourth-order valence-electron chi connectivity index (χ4n) is 2.86. The molecule has 2 heterocycles. The number of amides is 1. The Morgan fingerprint density at radius 1 is 1.47 bits per heavy atom. The van der Waals surface area contributed by atoms with Crippen molar-refractivity contribution in [1.29, 1.82) is 0 Å². The lowest BCUT2D eigenvalue weighted by Gasteiger charge is -2.37. The molecular formula is C15H25N3O. The van der Waals surface area contributed by atoms with Gasteiger partial charge in [-0.2, -0.15) is 0 Å². The van der Waals surface area contributed by atoms with Crippen molar-refractivity contribution < 1.29 is 4.79 Å². The first kappa shape index (κ1) is 14.1. The van der Waals surface area contributed by atoms with Crippen molar-refractivity contribution in [2.24, 2.45) is 13.0 Å². The molecule has 0 bridgehead atoms. The van der Waals surface area contributed by atoms with Crippen LogP contribution in [-0.4, -0.2) is 32.9 Å². The second-order valence-electron chi connectivity index (χ2n) is 5.83. The molecule has 0 spiro atoms. The van der Waals surface area contributed by atoms with Crippen LogP contribution in [0.4, 0.5) is 0 Å². The zero-order valence-electron chi connectivity index (χ0n) is 12.3. The molecule has 1 atom stereocenters. The Kier molecular flexibility index (Phi) is 4.61. The number of hydrogen-bond acceptors (Lipinski definition) is 2. The highest BCUT2D eigenvalue weighted by Gasteiger charge is 2.27. The largest absolute Gasteiger partial charge is 0.339 e. The average Bonchev–Trinajstić information content (AvgIpc) is 2.81. The van der Waals surface area contributed by atoms with Crippen LogP contribution in [-0.2, 0) is 18.3 Å². The SMILES string of the molecule is CC(C)C(=O)N1CCCCC1CCc1nccn1C. The van der Waals surface area contributed by atoms with Crippen LogP contribution in [0.25, 0.3) is 0 Å². The number of aryl methyl sites for hydroxylation is 2. The quantitative estimate of drug-likeness (QED) is 0.836. The van der Waals surface area contributed by atoms with Crippen LogP contribution in [0, 0.1) is 5.92 Å². The normalized spacial score (nSPS) is 20.0. The van der Waals surface area contributed by atoms with Crippen LogP contribution in [0.3, 0.4) is 0 Å². The molecule has 0 radical (unpaired) electrons. The minimum Gasteiger partial charge on any atom is -0.339 e. The standard InChI is InChI=1S/C15H25N3O/c1-12(2)15(19)18-10-5-4-6-13(18)7-8-14-16-9-11-17(14)3/h9,11-13H,4-8,10H2,1-3H3. The van der Waals surface area contributed by atoms with Gasteiger partial charge in [-0.3, -0.25) is 4.79 Å². The third kappa shape index (κ3) is 3.37. The second kappa shape index (κ2) is 6.22. The first-order valence-corrected chi connectivity index (χ1v) is 7.36. The van der Waals surface area contributed by atoms with Crippen molar-refractivity contribution in [3.8, 4) is 0 Å². The summed E-state index contributed by atoms with van der Waals surface area (Å²) in [5.41, 5.74) is 0. The van der Waals surface area contributed by atoms with Crippen molar-refractivity contribution in [2.45, 2.75) is 52.0 Å². The van der Waals surface area contributed by atoms with Crippen molar-refractivity contribution in [3.63, 3.8) is 0 Å². The summed E-state index contributed by atoms with van der Waals surface area (Å²) in [5.74, 6) is 1.53. The number of carbonyl (C=O) groups is 1. The third-order valence-corrected chi connectivity index (χ3v) is 4.03. The molecule has 1 aromatic heterocycles. The number of nitrogens with zero attached hydrogens (tertiary/aromatic N) is 3. The fraction of sp³-hybridized carbons (Fsp3) is 0.733. The molecule has 1 aromatic rings. The maximum atomic E-state index is 12.2. The van der Waals surface area contributed by atoms with Gasteiger partial charge in [0.2, 0.25) is 5.91 Å². The van der Waals surface area contributed by atoms with Gasteiger partial charge in [0.05, 0.1) is 0 Å². The Morgan fingerprint density at radius 3 is 2.89 bits per heavy atom. The highest BCUT2D eigenvalue weighted by atomic mass is 16.2. The Labute approximate surface area is 115 Å². The minimum absolute atomic E-state index is 0.105. The molecule has 0 saturated carbocycles. The summed E-state index contributed by atoms with van der Waals surface area (Å²) in [5, 5.41) is 0. The summed E-state index contributed by atoms with van der Waals surface area (Å²) in [4.78, 5) is 18.7. The Morgan fingerprint density at radius 2 is 2.26 bits per heavy atom. The van der Waals surface area contributed by atoms with Gasteiger partial charge in [0.15, 0.2) is 0 Å². The summed E-state index contributed by atoms with van der Waals surface area (Å²) in [7, 11) is 2.03. The van der Waals surface area contributed by atoms with Crippen LogP contribution in [0.15, 0.2) is 12.4 Å². The van der Waals surface area contributed by atoms with Gasteiger partial charge in [-0.05, 0) is 25.7 Å². The minimum atomic E-state index is 0.105.